The smallest absolute Gasteiger partial charge is 0.319 e. The second-order valence-electron chi connectivity index (χ2n) is 10.8. The third-order valence-corrected chi connectivity index (χ3v) is 11.3. The lowest BCUT2D eigenvalue weighted by molar-refractivity contribution is 0.0985. The van der Waals surface area contributed by atoms with E-state index in [4.69, 9.17) is 9.72 Å². The van der Waals surface area contributed by atoms with Gasteiger partial charge in [-0.3, -0.25) is 0 Å². The first-order chi connectivity index (χ1) is 20.3. The first-order valence-corrected chi connectivity index (χ1v) is 15.1. The van der Waals surface area contributed by atoms with E-state index in [1.165, 1.54) is 26.0 Å². The molecule has 11 nitrogen and oxygen atoms in total. The van der Waals surface area contributed by atoms with E-state index in [1.54, 1.807) is 18.2 Å². The molecule has 0 radical (unpaired) electrons. The number of ether oxygens (including phenoxy) is 1. The lowest BCUT2D eigenvalue weighted by Crippen LogP contribution is -2.58. The summed E-state index contributed by atoms with van der Waals surface area (Å²) in [6.07, 6.45) is -5.84. The lowest BCUT2D eigenvalue weighted by Gasteiger charge is -2.36. The van der Waals surface area contributed by atoms with Crippen molar-refractivity contribution in [3.63, 3.8) is 0 Å². The number of hydrogen-bond acceptors (Lipinski definition) is 9. The maximum absolute atomic E-state index is 14.8. The van der Waals surface area contributed by atoms with Crippen LogP contribution >= 0.6 is 0 Å². The van der Waals surface area contributed by atoms with Crippen LogP contribution in [0.2, 0.25) is 0 Å². The molecule has 2 N–H and O–H groups in total. The van der Waals surface area contributed by atoms with Crippen LogP contribution in [0.3, 0.4) is 0 Å². The number of halogens is 4. The van der Waals surface area contributed by atoms with Crippen molar-refractivity contribution in [2.24, 2.45) is 10.2 Å². The molecule has 2 amide bonds. The molecule has 1 saturated carbocycles. The molecule has 0 bridgehead atoms. The molecule has 3 aliphatic rings. The van der Waals surface area contributed by atoms with Gasteiger partial charge in [0.05, 0.1) is 42.9 Å². The van der Waals surface area contributed by atoms with Crippen LogP contribution in [0.25, 0.3) is 11.4 Å². The van der Waals surface area contributed by atoms with E-state index < -0.39 is 44.8 Å². The Hall–Kier alpha value is -3.66. The van der Waals surface area contributed by atoms with Gasteiger partial charge < -0.3 is 20.3 Å². The molecule has 1 saturated heterocycles. The summed E-state index contributed by atoms with van der Waals surface area (Å²) in [6.45, 7) is 4.90. The van der Waals surface area contributed by atoms with Gasteiger partial charge in [0.2, 0.25) is 4.75 Å². The molecular weight excluding hydrogens is 594 g/mol. The topological polar surface area (TPSA) is 138 Å². The Kier molecular flexibility index (Phi) is 8.19. The number of urea groups is 1. The Bertz CT molecular complexity index is 1550. The molecule has 1 aromatic carbocycles. The zero-order chi connectivity index (χ0) is 31.2. The van der Waals surface area contributed by atoms with E-state index in [0.29, 0.717) is 36.8 Å². The minimum atomic E-state index is -4.68. The van der Waals surface area contributed by atoms with Gasteiger partial charge in [0, 0.05) is 23.9 Å². The fourth-order valence-electron chi connectivity index (χ4n) is 5.53. The summed E-state index contributed by atoms with van der Waals surface area (Å²) in [5.41, 5.74) is 0.272. The van der Waals surface area contributed by atoms with E-state index in [9.17, 15) is 30.8 Å². The van der Waals surface area contributed by atoms with Crippen molar-refractivity contribution in [2.75, 3.05) is 36.5 Å². The van der Waals surface area contributed by atoms with Gasteiger partial charge in [0.1, 0.15) is 10.6 Å². The van der Waals surface area contributed by atoms with Crippen LogP contribution in [-0.4, -0.2) is 85.8 Å². The summed E-state index contributed by atoms with van der Waals surface area (Å²) >= 11 is 0. The Morgan fingerprint density at radius 2 is 1.74 bits per heavy atom. The Morgan fingerprint density at radius 3 is 2.30 bits per heavy atom. The van der Waals surface area contributed by atoms with Gasteiger partial charge in [0.25, 0.3) is 12.9 Å². The van der Waals surface area contributed by atoms with Crippen molar-refractivity contribution in [2.45, 2.75) is 62.0 Å². The van der Waals surface area contributed by atoms with Crippen molar-refractivity contribution in [3.8, 4) is 11.4 Å². The number of carbonyl (C=O) groups excluding carboxylic acids is 1. The Morgan fingerprint density at radius 1 is 1.09 bits per heavy atom. The highest BCUT2D eigenvalue weighted by Gasteiger charge is 2.71. The number of anilines is 2. The van der Waals surface area contributed by atoms with Crippen LogP contribution in [0, 0.1) is 0 Å². The quantitative estimate of drug-likeness (QED) is 0.402. The first kappa shape index (κ1) is 30.8. The number of hydrogen-bond donors (Lipinski definition) is 2. The molecule has 0 unspecified atom stereocenters. The summed E-state index contributed by atoms with van der Waals surface area (Å²) in [6, 6.07) is 6.80. The summed E-state index contributed by atoms with van der Waals surface area (Å²) in [5.74, 6) is 0.564. The van der Waals surface area contributed by atoms with Crippen LogP contribution in [0.15, 0.2) is 40.5 Å². The summed E-state index contributed by atoms with van der Waals surface area (Å²) in [4.78, 5) is 23.2. The molecule has 3 heterocycles. The second-order valence-corrected chi connectivity index (χ2v) is 13.2. The van der Waals surface area contributed by atoms with E-state index in [1.807, 2.05) is 17.1 Å². The van der Waals surface area contributed by atoms with Crippen molar-refractivity contribution in [3.05, 3.63) is 36.0 Å². The van der Waals surface area contributed by atoms with Gasteiger partial charge in [0.15, 0.2) is 15.7 Å². The number of alkyl halides is 4. The molecule has 43 heavy (non-hydrogen) atoms. The molecule has 2 fully saturated rings. The molecule has 5 rings (SSSR count). The number of nitrogens with zero attached hydrogens (tertiary/aromatic N) is 5. The van der Waals surface area contributed by atoms with Crippen LogP contribution in [0.5, 0.6) is 0 Å². The highest BCUT2D eigenvalue weighted by molar-refractivity contribution is 7.95. The van der Waals surface area contributed by atoms with Crippen molar-refractivity contribution < 1.29 is 35.5 Å². The van der Waals surface area contributed by atoms with E-state index in [2.05, 4.69) is 20.5 Å². The Balaban J connectivity index is 1.56. The number of amides is 2. The normalized spacial score (nSPS) is 21.0. The zero-order valence-electron chi connectivity index (χ0n) is 23.7. The average Bonchev–Trinajstić information content (AvgIpc) is 3.73. The molecule has 16 heteroatoms. The third kappa shape index (κ3) is 5.24. The monoisotopic (exact) mass is 625 g/mol. The fourth-order valence-corrected chi connectivity index (χ4v) is 8.26. The van der Waals surface area contributed by atoms with E-state index in [0.717, 1.165) is 0 Å². The highest BCUT2D eigenvalue weighted by Crippen LogP contribution is 2.58. The predicted octanol–water partition coefficient (Wildman–Crippen LogP) is 4.01. The van der Waals surface area contributed by atoms with Gasteiger partial charge in [-0.15, -0.1) is 0 Å². The molecular formula is C27H31F4N7O4S. The van der Waals surface area contributed by atoms with Gasteiger partial charge in [-0.05, 0) is 57.9 Å². The van der Waals surface area contributed by atoms with E-state index in [-0.39, 0.29) is 41.8 Å². The number of aromatic nitrogens is 2. The van der Waals surface area contributed by atoms with Crippen LogP contribution in [-0.2, 0) is 19.3 Å². The summed E-state index contributed by atoms with van der Waals surface area (Å²) in [7, 11) is -4.68. The molecule has 1 aliphatic carbocycles. The Labute approximate surface area is 245 Å². The fraction of sp³-hybridized carbons (Fsp3) is 0.519. The van der Waals surface area contributed by atoms with Gasteiger partial charge in [-0.2, -0.15) is 10.2 Å². The maximum Gasteiger partial charge on any atom is 0.319 e. The van der Waals surface area contributed by atoms with Gasteiger partial charge in [-0.1, -0.05) is 0 Å². The van der Waals surface area contributed by atoms with Crippen molar-refractivity contribution >= 4 is 38.8 Å². The van der Waals surface area contributed by atoms with Gasteiger partial charge in [-0.25, -0.2) is 40.7 Å². The van der Waals surface area contributed by atoms with Crippen LogP contribution < -0.4 is 15.5 Å². The molecule has 1 atom stereocenters. The van der Waals surface area contributed by atoms with E-state index >= 15 is 0 Å². The average molecular weight is 626 g/mol. The number of morpholine rings is 1. The van der Waals surface area contributed by atoms with Crippen molar-refractivity contribution in [1.29, 1.82) is 0 Å². The SMILES string of the molecule is CC1=NN=C(C)C1(C(F)F)S(=O)(=O)C1(c2cc(N3CCOC[C@@H]3C)nc(-c3ccc(NC(=O)NCC(F)F)cc3)n2)CC1. The minimum Gasteiger partial charge on any atom is -0.377 e. The number of rotatable bonds is 9. The maximum atomic E-state index is 14.8. The highest BCUT2D eigenvalue weighted by atomic mass is 32.2. The van der Waals surface area contributed by atoms with Crippen LogP contribution in [0.4, 0.5) is 33.9 Å². The summed E-state index contributed by atoms with van der Waals surface area (Å²) in [5, 5.41) is 11.9. The largest absolute Gasteiger partial charge is 0.377 e. The third-order valence-electron chi connectivity index (χ3n) is 8.03. The number of sulfone groups is 1. The molecule has 232 valence electrons. The molecule has 2 aliphatic heterocycles. The number of carbonyl (C=O) groups is 1. The van der Waals surface area contributed by atoms with Crippen molar-refractivity contribution in [1.82, 2.24) is 15.3 Å². The molecule has 0 spiro atoms. The minimum absolute atomic E-state index is 0.0789. The number of benzene rings is 1. The zero-order valence-corrected chi connectivity index (χ0v) is 24.5. The lowest BCUT2D eigenvalue weighted by atomic mass is 10.00. The standard InChI is InChI=1S/C27H31F4N7O4S/c1-15-14-42-11-10-38(15)22-12-20(26(8-9-26)43(40,41)27(24(30)31)16(2)36-37-17(27)3)34-23(35-22)18-4-6-19(7-5-18)33-25(39)32-13-21(28)29/h4-7,12,15,21,24H,8-11,13-14H2,1-3H3,(H2,32,33,39)/t15-/m0/s1. The molecule has 1 aromatic heterocycles. The second kappa shape index (κ2) is 11.4. The predicted molar refractivity (Wildman–Crippen MR) is 153 cm³/mol. The number of nitrogens with one attached hydrogen (secondary N) is 2. The van der Waals surface area contributed by atoms with Crippen LogP contribution in [0.1, 0.15) is 39.3 Å². The van der Waals surface area contributed by atoms with Gasteiger partial charge >= 0.3 is 6.03 Å². The molecule has 2 aromatic rings. The first-order valence-electron chi connectivity index (χ1n) is 13.6. The summed E-state index contributed by atoms with van der Waals surface area (Å²) < 4.78 is 84.1.